The Bertz CT molecular complexity index is 1650. The average Bonchev–Trinajstić information content (AvgIpc) is 3.70. The van der Waals surface area contributed by atoms with E-state index in [0.29, 0.717) is 17.9 Å². The summed E-state index contributed by atoms with van der Waals surface area (Å²) in [4.78, 5) is 44.9. The Morgan fingerprint density at radius 3 is 2.59 bits per heavy atom. The van der Waals surface area contributed by atoms with Gasteiger partial charge in [0.1, 0.15) is 11.6 Å². The van der Waals surface area contributed by atoms with Crippen molar-refractivity contribution in [1.82, 2.24) is 29.2 Å². The Morgan fingerprint density at radius 2 is 1.80 bits per heavy atom. The van der Waals surface area contributed by atoms with Gasteiger partial charge in [-0.3, -0.25) is 23.9 Å². The molecule has 3 aromatic heterocycles. The average molecular weight is 592 g/mol. The van der Waals surface area contributed by atoms with Gasteiger partial charge in [0.25, 0.3) is 5.91 Å². The van der Waals surface area contributed by atoms with Crippen LogP contribution in [0.3, 0.4) is 0 Å². The second kappa shape index (κ2) is 13.5. The fourth-order valence-corrected chi connectivity index (χ4v) is 6.44. The molecular formula is C35H41N7O2. The summed E-state index contributed by atoms with van der Waals surface area (Å²) < 4.78 is 2.09. The lowest BCUT2D eigenvalue weighted by atomic mass is 10.0. The van der Waals surface area contributed by atoms with Crippen molar-refractivity contribution in [2.24, 2.45) is 0 Å². The quantitative estimate of drug-likeness (QED) is 0.240. The van der Waals surface area contributed by atoms with E-state index >= 15 is 0 Å². The third-order valence-electron chi connectivity index (χ3n) is 8.70. The number of carbonyl (C=O) groups is 2. The first-order chi connectivity index (χ1) is 21.5. The molecule has 2 amide bonds. The van der Waals surface area contributed by atoms with Crippen LogP contribution in [-0.2, 0) is 11.2 Å². The summed E-state index contributed by atoms with van der Waals surface area (Å²) in [5.74, 6) is 1.23. The van der Waals surface area contributed by atoms with E-state index in [2.05, 4.69) is 31.5 Å². The zero-order chi connectivity index (χ0) is 30.5. The normalized spacial score (nSPS) is 17.5. The maximum Gasteiger partial charge on any atom is 0.256 e. The predicted molar refractivity (Wildman–Crippen MR) is 172 cm³/mol. The molecule has 1 atom stereocenters. The van der Waals surface area contributed by atoms with Crippen LogP contribution in [0, 0.1) is 6.92 Å². The first-order valence-corrected chi connectivity index (χ1v) is 15.9. The van der Waals surface area contributed by atoms with Crippen molar-refractivity contribution in [3.8, 4) is 11.3 Å². The van der Waals surface area contributed by atoms with E-state index in [9.17, 15) is 9.59 Å². The molecule has 0 radical (unpaired) electrons. The minimum Gasteiger partial charge on any atom is -0.329 e. The van der Waals surface area contributed by atoms with Crippen molar-refractivity contribution < 1.29 is 9.59 Å². The fraction of sp³-hybridized carbons (Fsp3) is 0.400. The number of rotatable bonds is 9. The molecule has 9 heteroatoms. The minimum atomic E-state index is -0.208. The van der Waals surface area contributed by atoms with Gasteiger partial charge in [0, 0.05) is 48.9 Å². The van der Waals surface area contributed by atoms with E-state index < -0.39 is 0 Å². The molecule has 0 spiro atoms. The van der Waals surface area contributed by atoms with E-state index in [1.54, 1.807) is 18.5 Å². The summed E-state index contributed by atoms with van der Waals surface area (Å²) in [5, 5.41) is 2.92. The number of fused-ring (bicyclic) bond motifs is 1. The second-order valence-corrected chi connectivity index (χ2v) is 11.8. The lowest BCUT2D eigenvalue weighted by Crippen LogP contribution is -2.38. The first kappa shape index (κ1) is 29.7. The predicted octanol–water partition coefficient (Wildman–Crippen LogP) is 6.01. The van der Waals surface area contributed by atoms with Gasteiger partial charge in [-0.25, -0.2) is 9.97 Å². The number of amides is 2. The van der Waals surface area contributed by atoms with Crippen molar-refractivity contribution in [2.75, 3.05) is 31.5 Å². The highest BCUT2D eigenvalue weighted by Crippen LogP contribution is 2.35. The lowest BCUT2D eigenvalue weighted by Gasteiger charge is -2.34. The van der Waals surface area contributed by atoms with Crippen LogP contribution in [0.2, 0.25) is 0 Å². The van der Waals surface area contributed by atoms with Gasteiger partial charge in [-0.2, -0.15) is 0 Å². The molecule has 0 aliphatic carbocycles. The number of hydrogen-bond donors (Lipinski definition) is 1. The van der Waals surface area contributed by atoms with Gasteiger partial charge in [-0.05, 0) is 88.4 Å². The molecule has 6 rings (SSSR count). The van der Waals surface area contributed by atoms with Crippen LogP contribution in [0.15, 0.2) is 67.1 Å². The zero-order valence-electron chi connectivity index (χ0n) is 25.7. The molecule has 9 nitrogen and oxygen atoms in total. The second-order valence-electron chi connectivity index (χ2n) is 11.8. The van der Waals surface area contributed by atoms with Crippen molar-refractivity contribution in [1.29, 1.82) is 0 Å². The third-order valence-corrected chi connectivity index (χ3v) is 8.70. The Balaban J connectivity index is 1.25. The number of anilines is 1. The minimum absolute atomic E-state index is 0.0445. The number of nitrogens with zero attached hydrogens (tertiary/aromatic N) is 6. The number of aromatic nitrogens is 4. The Morgan fingerprint density at radius 1 is 1.00 bits per heavy atom. The molecule has 1 aromatic carbocycles. The summed E-state index contributed by atoms with van der Waals surface area (Å²) in [6.45, 7) is 7.86. The molecule has 4 aromatic rings. The highest BCUT2D eigenvalue weighted by Gasteiger charge is 2.31. The number of likely N-dealkylation sites (tertiary alicyclic amines) is 2. The van der Waals surface area contributed by atoms with Gasteiger partial charge in [-0.1, -0.05) is 31.6 Å². The highest BCUT2D eigenvalue weighted by molar-refractivity contribution is 6.04. The topological polar surface area (TPSA) is 95.7 Å². The molecule has 2 fully saturated rings. The number of benzene rings is 1. The molecule has 0 saturated carbocycles. The Kier molecular flexibility index (Phi) is 9.12. The van der Waals surface area contributed by atoms with Crippen LogP contribution in [-0.4, -0.2) is 67.1 Å². The molecule has 44 heavy (non-hydrogen) atoms. The number of carbonyl (C=O) groups excluding carboxylic acids is 2. The van der Waals surface area contributed by atoms with Crippen molar-refractivity contribution in [3.05, 3.63) is 89.8 Å². The lowest BCUT2D eigenvalue weighted by molar-refractivity contribution is -0.130. The highest BCUT2D eigenvalue weighted by atomic mass is 16.2. The van der Waals surface area contributed by atoms with Gasteiger partial charge in [0.15, 0.2) is 0 Å². The fourth-order valence-electron chi connectivity index (χ4n) is 6.44. The van der Waals surface area contributed by atoms with Crippen molar-refractivity contribution >= 4 is 23.1 Å². The summed E-state index contributed by atoms with van der Waals surface area (Å²) in [7, 11) is 0. The zero-order valence-corrected chi connectivity index (χ0v) is 25.7. The third kappa shape index (κ3) is 6.43. The van der Waals surface area contributed by atoms with E-state index in [-0.39, 0.29) is 17.9 Å². The SMILES string of the molecule is CCCc1ccnc(NC(=O)c2ccc(-c3nc(C4CCCCN4C(=O)C=CCN4CCCC4)n4ccnc(C)c34)cc2)c1. The maximum atomic E-state index is 13.4. The Hall–Kier alpha value is -4.37. The number of nitrogens with one attached hydrogen (secondary N) is 1. The van der Waals surface area contributed by atoms with Crippen molar-refractivity contribution in [2.45, 2.75) is 64.8 Å². The number of hydrogen-bond acceptors (Lipinski definition) is 6. The molecular weight excluding hydrogens is 550 g/mol. The maximum absolute atomic E-state index is 13.4. The van der Waals surface area contributed by atoms with Crippen molar-refractivity contribution in [3.63, 3.8) is 0 Å². The standard InChI is InChI=1S/C35H41N7O2/c1-3-9-26-16-17-37-30(24-26)38-35(44)28-14-12-27(13-15-28)32-33-25(2)36-18-23-42(33)34(39-32)29-10-4-5-22-41(29)31(43)11-8-21-40-19-6-7-20-40/h8,11-18,23-24,29H,3-7,9-10,19-22H2,1-2H3,(H,37,38,44). The van der Waals surface area contributed by atoms with E-state index in [4.69, 9.17) is 4.98 Å². The molecule has 0 bridgehead atoms. The molecule has 1 unspecified atom stereocenters. The van der Waals surface area contributed by atoms with Gasteiger partial charge < -0.3 is 10.2 Å². The van der Waals surface area contributed by atoms with E-state index in [1.165, 1.54) is 12.8 Å². The van der Waals surface area contributed by atoms with Gasteiger partial charge >= 0.3 is 0 Å². The van der Waals surface area contributed by atoms with Gasteiger partial charge in [0.05, 0.1) is 22.9 Å². The van der Waals surface area contributed by atoms with Gasteiger partial charge in [-0.15, -0.1) is 0 Å². The molecule has 228 valence electrons. The first-order valence-electron chi connectivity index (χ1n) is 15.9. The van der Waals surface area contributed by atoms with E-state index in [0.717, 1.165) is 85.6 Å². The number of pyridine rings is 1. The summed E-state index contributed by atoms with van der Waals surface area (Å²) >= 11 is 0. The molecule has 2 aliphatic heterocycles. The summed E-state index contributed by atoms with van der Waals surface area (Å²) in [6.07, 6.45) is 16.6. The molecule has 2 saturated heterocycles. The summed E-state index contributed by atoms with van der Waals surface area (Å²) in [6, 6.07) is 11.3. The molecule has 2 aliphatic rings. The van der Waals surface area contributed by atoms with Crippen LogP contribution in [0.25, 0.3) is 16.8 Å². The van der Waals surface area contributed by atoms with Crippen LogP contribution in [0.1, 0.15) is 78.9 Å². The Labute approximate surface area is 259 Å². The van der Waals surface area contributed by atoms with Crippen LogP contribution in [0.4, 0.5) is 5.82 Å². The van der Waals surface area contributed by atoms with Crippen LogP contribution >= 0.6 is 0 Å². The molecule has 1 N–H and O–H groups in total. The summed E-state index contributed by atoms with van der Waals surface area (Å²) in [5.41, 5.74) is 5.16. The van der Waals surface area contributed by atoms with Crippen LogP contribution < -0.4 is 5.32 Å². The smallest absolute Gasteiger partial charge is 0.256 e. The number of imidazole rings is 1. The van der Waals surface area contributed by atoms with Gasteiger partial charge in [0.2, 0.25) is 5.91 Å². The van der Waals surface area contributed by atoms with Crippen LogP contribution in [0.5, 0.6) is 0 Å². The molecule has 5 heterocycles. The number of aryl methyl sites for hydroxylation is 2. The largest absolute Gasteiger partial charge is 0.329 e. The van der Waals surface area contributed by atoms with E-state index in [1.807, 2.05) is 60.5 Å². The number of piperidine rings is 1. The monoisotopic (exact) mass is 591 g/mol.